The van der Waals surface area contributed by atoms with Gasteiger partial charge in [0, 0.05) is 0 Å². The predicted molar refractivity (Wildman–Crippen MR) is 19.7 cm³/mol. The van der Waals surface area contributed by atoms with Crippen LogP contribution < -0.4 is 0 Å². The third-order valence-electron chi connectivity index (χ3n) is 0.0257. The molecule has 0 aromatic heterocycles. The Kier molecular flexibility index (Phi) is 4.91. The molecule has 0 unspecified atom stereocenters. The summed E-state index contributed by atoms with van der Waals surface area (Å²) in [6.45, 7) is 0. The molecule has 0 heterocycles. The Morgan fingerprint density at radius 3 is 2.25 bits per heavy atom. The molecule has 3 heteroatoms. The summed E-state index contributed by atoms with van der Waals surface area (Å²) in [7, 11) is 0. The molecule has 0 fully saturated rings. The van der Waals surface area contributed by atoms with E-state index in [0.717, 1.165) is 0 Å². The standard InChI is InChI=1S/CO.HI.Ir/c1-2;;/h;1H;/q;;+1/p-1. The third-order valence-corrected chi connectivity index (χ3v) is 1.41. The van der Waals surface area contributed by atoms with Crippen LogP contribution in [0.2, 0.25) is 0 Å². The molecule has 0 bridgehead atoms. The molecule has 0 N–H and O–H groups in total. The minimum atomic E-state index is -0.322. The third kappa shape index (κ3) is 2.96. The van der Waals surface area contributed by atoms with Crippen LogP contribution in [0.5, 0.6) is 0 Å². The van der Waals surface area contributed by atoms with Crippen molar-refractivity contribution >= 4 is 24.0 Å². The molecular formula is CIIrO. The summed E-state index contributed by atoms with van der Waals surface area (Å²) in [4.78, 5) is 9.10. The van der Waals surface area contributed by atoms with Crippen LogP contribution in [0.1, 0.15) is 0 Å². The van der Waals surface area contributed by atoms with E-state index < -0.39 is 0 Å². The molecule has 0 saturated heterocycles. The molecule has 0 aliphatic heterocycles. The zero-order valence-electron chi connectivity index (χ0n) is 1.62. The molecule has 0 atom stereocenters. The summed E-state index contributed by atoms with van der Waals surface area (Å²) in [5.74, 6) is 0. The molecule has 0 aromatic rings. The van der Waals surface area contributed by atoms with Gasteiger partial charge in [0.05, 0.1) is 0 Å². The normalized spacial score (nSPS) is 6.25. The zero-order valence-corrected chi connectivity index (χ0v) is 6.17. The monoisotopic (exact) mass is 348 g/mol. The molecule has 4 heavy (non-hydrogen) atoms. The Morgan fingerprint density at radius 1 is 2.00 bits per heavy atom. The van der Waals surface area contributed by atoms with Crippen LogP contribution in [0.4, 0.5) is 0 Å². The van der Waals surface area contributed by atoms with E-state index in [9.17, 15) is 0 Å². The first kappa shape index (κ1) is 4.96. The first-order valence-electron chi connectivity index (χ1n) is 0.497. The van der Waals surface area contributed by atoms with Crippen molar-refractivity contribution in [2.24, 2.45) is 0 Å². The molecule has 0 saturated carbocycles. The first-order chi connectivity index (χ1) is 1.91. The van der Waals surface area contributed by atoms with Crippen LogP contribution in [0, 0.1) is 0 Å². The van der Waals surface area contributed by atoms with Gasteiger partial charge in [0.2, 0.25) is 0 Å². The van der Waals surface area contributed by atoms with E-state index >= 15 is 0 Å². The Bertz CT molecular complexity index is 46.0. The van der Waals surface area contributed by atoms with Crippen molar-refractivity contribution in [1.29, 1.82) is 0 Å². The van der Waals surface area contributed by atoms with Crippen molar-refractivity contribution in [3.8, 4) is 0 Å². The van der Waals surface area contributed by atoms with Gasteiger partial charge >= 0.3 is 42.4 Å². The summed E-state index contributed by atoms with van der Waals surface area (Å²) >= 11 is 1.73. The van der Waals surface area contributed by atoms with Crippen LogP contribution in [0.25, 0.3) is 0 Å². The fraction of sp³-hybridized carbons (Fsp3) is 0. The van der Waals surface area contributed by atoms with Gasteiger partial charge in [-0.15, -0.1) is 0 Å². The van der Waals surface area contributed by atoms with Gasteiger partial charge in [0.25, 0.3) is 0 Å². The second kappa shape index (κ2) is 3.96. The van der Waals surface area contributed by atoms with E-state index in [0.29, 0.717) is 0 Å². The fourth-order valence-corrected chi connectivity index (χ4v) is 0. The molecule has 1 nitrogen and oxygen atoms in total. The van der Waals surface area contributed by atoms with Gasteiger partial charge in [0.15, 0.2) is 0 Å². The van der Waals surface area contributed by atoms with Crippen molar-refractivity contribution < 1.29 is 18.5 Å². The Hall–Kier alpha value is 0.959. The summed E-state index contributed by atoms with van der Waals surface area (Å²) < 4.78 is 1.79. The topological polar surface area (TPSA) is 17.1 Å². The molecule has 0 aliphatic carbocycles. The van der Waals surface area contributed by atoms with Gasteiger partial charge in [-0.25, -0.2) is 0 Å². The molecule has 0 radical (unpaired) electrons. The van der Waals surface area contributed by atoms with E-state index in [1.165, 1.54) is 0 Å². The molecule has 0 spiro atoms. The van der Waals surface area contributed by atoms with Gasteiger partial charge in [-0.05, 0) is 0 Å². The van der Waals surface area contributed by atoms with E-state index in [1.807, 2.05) is 0 Å². The molecule has 0 rings (SSSR count). The number of hydrogen-bond donors (Lipinski definition) is 0. The number of rotatable bonds is 0. The van der Waals surface area contributed by atoms with Crippen molar-refractivity contribution in [3.05, 3.63) is 0 Å². The van der Waals surface area contributed by atoms with Gasteiger partial charge in [0.1, 0.15) is 0 Å². The van der Waals surface area contributed by atoms with Gasteiger partial charge in [-0.3, -0.25) is 0 Å². The number of carbonyl (C=O) groups excluding carboxylic acids is 1. The number of halogens is 1. The van der Waals surface area contributed by atoms with E-state index in [1.54, 1.807) is 4.39 Å². The summed E-state index contributed by atoms with van der Waals surface area (Å²) in [5.41, 5.74) is 0. The second-order valence-electron chi connectivity index (χ2n) is 0.131. The average molecular weight is 347 g/mol. The molecule has 26 valence electrons. The summed E-state index contributed by atoms with van der Waals surface area (Å²) in [6, 6.07) is 0. The van der Waals surface area contributed by atoms with Gasteiger partial charge < -0.3 is 0 Å². The second-order valence-corrected chi connectivity index (χ2v) is 4.02. The SMILES string of the molecule is O=[C]=[Ir][I]. The average Bonchev–Trinajstić information content (AvgIpc) is 1.37. The van der Waals surface area contributed by atoms with E-state index in [-0.39, 0.29) is 13.7 Å². The number of hydrogen-bond acceptors (Lipinski definition) is 1. The van der Waals surface area contributed by atoms with E-state index in [2.05, 4.69) is 19.6 Å². The molecule has 0 aromatic carbocycles. The molecule has 0 amide bonds. The summed E-state index contributed by atoms with van der Waals surface area (Å²) in [5, 5.41) is 0. The van der Waals surface area contributed by atoms with Crippen molar-refractivity contribution in [1.82, 2.24) is 0 Å². The van der Waals surface area contributed by atoms with Crippen LogP contribution in [0.15, 0.2) is 0 Å². The van der Waals surface area contributed by atoms with Crippen molar-refractivity contribution in [2.75, 3.05) is 0 Å². The van der Waals surface area contributed by atoms with Crippen molar-refractivity contribution in [3.63, 3.8) is 0 Å². The van der Waals surface area contributed by atoms with Crippen molar-refractivity contribution in [2.45, 2.75) is 0 Å². The maximum atomic E-state index is 9.10. The molecule has 0 aliphatic rings. The minimum absolute atomic E-state index is 0.322. The van der Waals surface area contributed by atoms with Crippen LogP contribution >= 0.6 is 19.6 Å². The Morgan fingerprint density at radius 2 is 2.25 bits per heavy atom. The fourth-order valence-electron chi connectivity index (χ4n) is 0. The van der Waals surface area contributed by atoms with Crippen LogP contribution in [0.3, 0.4) is 0 Å². The maximum absolute atomic E-state index is 9.10. The summed E-state index contributed by atoms with van der Waals surface area (Å²) in [6.07, 6.45) is 0. The zero-order chi connectivity index (χ0) is 3.41. The Balaban J connectivity index is 3.11. The Labute approximate surface area is 42.3 Å². The van der Waals surface area contributed by atoms with Gasteiger partial charge in [-0.1, -0.05) is 0 Å². The quantitative estimate of drug-likeness (QED) is 0.583. The van der Waals surface area contributed by atoms with Crippen LogP contribution in [-0.4, -0.2) is 4.39 Å². The van der Waals surface area contributed by atoms with Gasteiger partial charge in [-0.2, -0.15) is 0 Å². The van der Waals surface area contributed by atoms with Crippen LogP contribution in [-0.2, 0) is 18.5 Å². The first-order valence-corrected chi connectivity index (χ1v) is 8.49. The predicted octanol–water partition coefficient (Wildman–Crippen LogP) is 0.486. The van der Waals surface area contributed by atoms with E-state index in [4.69, 9.17) is 4.79 Å². The molecular weight excluding hydrogens is 347 g/mol.